The summed E-state index contributed by atoms with van der Waals surface area (Å²) in [6.07, 6.45) is 0.787. The van der Waals surface area contributed by atoms with Crippen molar-refractivity contribution in [2.24, 2.45) is 0 Å². The van der Waals surface area contributed by atoms with Gasteiger partial charge in [0.2, 0.25) is 0 Å². The van der Waals surface area contributed by atoms with E-state index in [2.05, 4.69) is 22.4 Å². The number of carbonyl (C=O) groups excluding carboxylic acids is 1. The summed E-state index contributed by atoms with van der Waals surface area (Å²) in [5.74, 6) is -0.249. The Kier molecular flexibility index (Phi) is 5.94. The molecule has 4 rings (SSSR count). The Labute approximate surface area is 170 Å². The van der Waals surface area contributed by atoms with Gasteiger partial charge in [0.15, 0.2) is 6.29 Å². The molecule has 0 saturated carbocycles. The Balaban J connectivity index is 1.57. The number of methoxy groups -OCH3 is 2. The number of carbonyl (C=O) groups is 1. The van der Waals surface area contributed by atoms with Crippen LogP contribution in [-0.2, 0) is 32.0 Å². The zero-order valence-electron chi connectivity index (χ0n) is 16.7. The van der Waals surface area contributed by atoms with E-state index in [0.717, 1.165) is 27.7 Å². The van der Waals surface area contributed by atoms with Gasteiger partial charge < -0.3 is 19.2 Å². The van der Waals surface area contributed by atoms with Crippen LogP contribution in [0.15, 0.2) is 54.6 Å². The van der Waals surface area contributed by atoms with Gasteiger partial charge in [-0.1, -0.05) is 48.5 Å². The van der Waals surface area contributed by atoms with Gasteiger partial charge in [-0.15, -0.1) is 0 Å². The van der Waals surface area contributed by atoms with Gasteiger partial charge in [-0.2, -0.15) is 0 Å². The highest BCUT2D eigenvalue weighted by atomic mass is 16.7. The van der Waals surface area contributed by atoms with Crippen molar-refractivity contribution in [3.63, 3.8) is 0 Å². The molecule has 6 nitrogen and oxygen atoms in total. The Morgan fingerprint density at radius 3 is 2.55 bits per heavy atom. The van der Waals surface area contributed by atoms with Gasteiger partial charge in [-0.3, -0.25) is 10.1 Å². The fourth-order valence-electron chi connectivity index (χ4n) is 3.98. The maximum atomic E-state index is 12.9. The number of para-hydroxylation sites is 1. The smallest absolute Gasteiger partial charge is 0.323 e. The van der Waals surface area contributed by atoms with E-state index >= 15 is 0 Å². The number of rotatable bonds is 7. The van der Waals surface area contributed by atoms with Crippen molar-refractivity contribution < 1.29 is 19.0 Å². The van der Waals surface area contributed by atoms with Gasteiger partial charge in [0.05, 0.1) is 6.04 Å². The number of nitrogens with one attached hydrogen (secondary N) is 2. The molecule has 0 fully saturated rings. The van der Waals surface area contributed by atoms with E-state index < -0.39 is 6.04 Å². The molecule has 6 heteroatoms. The summed E-state index contributed by atoms with van der Waals surface area (Å²) in [6.45, 7) is 0.266. The lowest BCUT2D eigenvalue weighted by atomic mass is 9.92. The second kappa shape index (κ2) is 8.78. The Morgan fingerprint density at radius 1 is 1.07 bits per heavy atom. The zero-order chi connectivity index (χ0) is 20.2. The molecule has 0 radical (unpaired) electrons. The molecule has 2 heterocycles. The summed E-state index contributed by atoms with van der Waals surface area (Å²) in [5, 5.41) is 4.58. The fourth-order valence-corrected chi connectivity index (χ4v) is 3.98. The van der Waals surface area contributed by atoms with E-state index in [9.17, 15) is 4.79 Å². The van der Waals surface area contributed by atoms with Gasteiger partial charge in [0.25, 0.3) is 0 Å². The molecule has 152 valence electrons. The van der Waals surface area contributed by atoms with Crippen LogP contribution < -0.4 is 5.32 Å². The van der Waals surface area contributed by atoms with Crippen molar-refractivity contribution in [2.75, 3.05) is 14.2 Å². The van der Waals surface area contributed by atoms with Crippen molar-refractivity contribution in [3.8, 4) is 0 Å². The molecular weight excluding hydrogens is 368 g/mol. The second-order valence-corrected chi connectivity index (χ2v) is 7.27. The third-order valence-electron chi connectivity index (χ3n) is 5.47. The maximum Gasteiger partial charge on any atom is 0.323 e. The summed E-state index contributed by atoms with van der Waals surface area (Å²) in [6, 6.07) is 17.3. The average molecular weight is 394 g/mol. The first kappa shape index (κ1) is 19.6. The third-order valence-corrected chi connectivity index (χ3v) is 5.47. The van der Waals surface area contributed by atoms with Crippen molar-refractivity contribution >= 4 is 16.9 Å². The van der Waals surface area contributed by atoms with Crippen LogP contribution in [0, 0.1) is 0 Å². The van der Waals surface area contributed by atoms with Crippen LogP contribution in [0.2, 0.25) is 0 Å². The van der Waals surface area contributed by atoms with Crippen LogP contribution in [0.5, 0.6) is 0 Å². The van der Waals surface area contributed by atoms with E-state index in [-0.39, 0.29) is 24.9 Å². The number of fused-ring (bicyclic) bond motifs is 3. The SMILES string of the molecule is COC(C[C@@H]1NC(C(=O)OCc2ccccc2)Cc2c1[nH]c1ccccc21)OC. The lowest BCUT2D eigenvalue weighted by molar-refractivity contribution is -0.148. The quantitative estimate of drug-likeness (QED) is 0.474. The molecule has 0 aliphatic carbocycles. The van der Waals surface area contributed by atoms with Crippen LogP contribution >= 0.6 is 0 Å². The minimum absolute atomic E-state index is 0.106. The highest BCUT2D eigenvalue weighted by molar-refractivity contribution is 5.87. The van der Waals surface area contributed by atoms with E-state index in [1.54, 1.807) is 14.2 Å². The van der Waals surface area contributed by atoms with Gasteiger partial charge in [0.1, 0.15) is 12.6 Å². The molecule has 0 bridgehead atoms. The molecule has 29 heavy (non-hydrogen) atoms. The van der Waals surface area contributed by atoms with Crippen molar-refractivity contribution in [1.29, 1.82) is 0 Å². The molecular formula is C23H26N2O4. The molecule has 0 saturated heterocycles. The van der Waals surface area contributed by atoms with Crippen LogP contribution in [0.25, 0.3) is 10.9 Å². The average Bonchev–Trinajstić information content (AvgIpc) is 3.15. The van der Waals surface area contributed by atoms with Crippen LogP contribution in [0.1, 0.15) is 29.3 Å². The molecule has 2 aromatic carbocycles. The Hall–Kier alpha value is -2.67. The normalized spacial score (nSPS) is 18.7. The molecule has 0 amide bonds. The predicted molar refractivity (Wildman–Crippen MR) is 110 cm³/mol. The largest absolute Gasteiger partial charge is 0.460 e. The highest BCUT2D eigenvalue weighted by Gasteiger charge is 2.35. The first-order chi connectivity index (χ1) is 14.2. The molecule has 3 aromatic rings. The minimum atomic E-state index is -0.426. The number of aromatic nitrogens is 1. The zero-order valence-corrected chi connectivity index (χ0v) is 16.7. The van der Waals surface area contributed by atoms with E-state index in [4.69, 9.17) is 14.2 Å². The number of esters is 1. The summed E-state index contributed by atoms with van der Waals surface area (Å²) in [5.41, 5.74) is 4.27. The second-order valence-electron chi connectivity index (χ2n) is 7.27. The molecule has 2 N–H and O–H groups in total. The Morgan fingerprint density at radius 2 is 1.79 bits per heavy atom. The minimum Gasteiger partial charge on any atom is -0.460 e. The van der Waals surface area contributed by atoms with Crippen molar-refractivity contribution in [3.05, 3.63) is 71.4 Å². The maximum absolute atomic E-state index is 12.9. The van der Waals surface area contributed by atoms with Gasteiger partial charge in [-0.05, 0) is 17.2 Å². The summed E-state index contributed by atoms with van der Waals surface area (Å²) < 4.78 is 16.4. The first-order valence-electron chi connectivity index (χ1n) is 9.81. The summed E-state index contributed by atoms with van der Waals surface area (Å²) in [7, 11) is 3.24. The van der Waals surface area contributed by atoms with Crippen LogP contribution in [0.3, 0.4) is 0 Å². The number of H-pyrrole nitrogens is 1. The highest BCUT2D eigenvalue weighted by Crippen LogP contribution is 2.34. The van der Waals surface area contributed by atoms with Crippen LogP contribution in [0.4, 0.5) is 0 Å². The van der Waals surface area contributed by atoms with Crippen molar-refractivity contribution in [1.82, 2.24) is 10.3 Å². The lowest BCUT2D eigenvalue weighted by Crippen LogP contribution is -2.46. The summed E-state index contributed by atoms with van der Waals surface area (Å²) in [4.78, 5) is 16.4. The molecule has 1 aliphatic heterocycles. The first-order valence-corrected chi connectivity index (χ1v) is 9.81. The molecule has 1 aromatic heterocycles. The number of hydrogen-bond donors (Lipinski definition) is 2. The number of benzene rings is 2. The topological polar surface area (TPSA) is 72.6 Å². The molecule has 1 unspecified atom stereocenters. The lowest BCUT2D eigenvalue weighted by Gasteiger charge is -2.31. The molecule has 2 atom stereocenters. The number of hydrogen-bond acceptors (Lipinski definition) is 5. The molecule has 1 aliphatic rings. The Bertz CT molecular complexity index is 965. The van der Waals surface area contributed by atoms with Gasteiger partial charge in [0, 0.05) is 43.7 Å². The van der Waals surface area contributed by atoms with Crippen molar-refractivity contribution in [2.45, 2.75) is 37.8 Å². The summed E-state index contributed by atoms with van der Waals surface area (Å²) >= 11 is 0. The van der Waals surface area contributed by atoms with Gasteiger partial charge >= 0.3 is 5.97 Å². The standard InChI is InChI=1S/C23H26N2O4/c1-27-21(28-2)13-19-22-17(16-10-6-7-11-18(16)25-22)12-20(24-19)23(26)29-14-15-8-4-3-5-9-15/h3-11,19-21,24-25H,12-14H2,1-2H3/t19-,20?/m0/s1. The van der Waals surface area contributed by atoms with Gasteiger partial charge in [-0.25, -0.2) is 0 Å². The monoisotopic (exact) mass is 394 g/mol. The molecule has 0 spiro atoms. The van der Waals surface area contributed by atoms with E-state index in [1.807, 2.05) is 42.5 Å². The van der Waals surface area contributed by atoms with Crippen LogP contribution in [-0.4, -0.2) is 37.5 Å². The van der Waals surface area contributed by atoms with E-state index in [0.29, 0.717) is 12.8 Å². The number of ether oxygens (including phenoxy) is 3. The third kappa shape index (κ3) is 4.19. The predicted octanol–water partition coefficient (Wildman–Crippen LogP) is 3.48. The van der Waals surface area contributed by atoms with E-state index in [1.165, 1.54) is 0 Å². The fraction of sp³-hybridized carbons (Fsp3) is 0.348. The number of aromatic amines is 1.